The van der Waals surface area contributed by atoms with Gasteiger partial charge in [-0.05, 0) is 67.4 Å². The Morgan fingerprint density at radius 2 is 1.63 bits per heavy atom. The van der Waals surface area contributed by atoms with Gasteiger partial charge in [0.1, 0.15) is 11.6 Å². The van der Waals surface area contributed by atoms with Crippen LogP contribution >= 0.6 is 0 Å². The number of nitrogens with one attached hydrogen (secondary N) is 2. The number of aryl methyl sites for hydroxylation is 2. The second-order valence-electron chi connectivity index (χ2n) is 6.16. The maximum absolute atomic E-state index is 12.6. The fourth-order valence-electron chi connectivity index (χ4n) is 2.56. The lowest BCUT2D eigenvalue weighted by Crippen LogP contribution is -2.14. The maximum atomic E-state index is 12.6. The minimum absolute atomic E-state index is 0.267. The van der Waals surface area contributed by atoms with E-state index in [1.165, 1.54) is 6.20 Å². The highest BCUT2D eigenvalue weighted by atomic mass is 32.2. The van der Waals surface area contributed by atoms with E-state index in [1.54, 1.807) is 38.3 Å². The van der Waals surface area contributed by atoms with Crippen LogP contribution in [0.1, 0.15) is 11.1 Å². The van der Waals surface area contributed by atoms with Gasteiger partial charge in [0.15, 0.2) is 0 Å². The molecule has 0 saturated heterocycles. The smallest absolute Gasteiger partial charge is 0.262 e. The monoisotopic (exact) mass is 383 g/mol. The molecule has 2 aromatic carbocycles. The van der Waals surface area contributed by atoms with E-state index in [9.17, 15) is 8.42 Å². The number of aromatic nitrogens is 1. The van der Waals surface area contributed by atoms with Crippen molar-refractivity contribution in [2.45, 2.75) is 18.7 Å². The first-order chi connectivity index (χ1) is 12.9. The van der Waals surface area contributed by atoms with Gasteiger partial charge in [-0.15, -0.1) is 0 Å². The molecule has 140 valence electrons. The number of benzene rings is 2. The molecule has 7 heteroatoms. The van der Waals surface area contributed by atoms with Gasteiger partial charge in [0.05, 0.1) is 23.9 Å². The van der Waals surface area contributed by atoms with Crippen LogP contribution in [-0.4, -0.2) is 20.5 Å². The average Bonchev–Trinajstić information content (AvgIpc) is 2.65. The number of anilines is 3. The van der Waals surface area contributed by atoms with Gasteiger partial charge < -0.3 is 10.1 Å². The fraction of sp³-hybridized carbons (Fsp3) is 0.150. The first-order valence-electron chi connectivity index (χ1n) is 8.34. The standard InChI is InChI=1S/C20H21N3O3S/c1-14-4-5-15(2)19(12-14)27(24,25)23-17-8-11-20(21-13-17)22-16-6-9-18(26-3)10-7-16/h4-13,23H,1-3H3,(H,21,22). The molecule has 0 saturated carbocycles. The molecule has 0 fully saturated rings. The molecular formula is C20H21N3O3S. The first-order valence-corrected chi connectivity index (χ1v) is 9.83. The van der Waals surface area contributed by atoms with Crippen LogP contribution in [0.5, 0.6) is 5.75 Å². The maximum Gasteiger partial charge on any atom is 0.262 e. The van der Waals surface area contributed by atoms with Crippen LogP contribution in [0.3, 0.4) is 0 Å². The number of hydrogen-bond acceptors (Lipinski definition) is 5. The molecule has 0 unspecified atom stereocenters. The van der Waals surface area contributed by atoms with E-state index >= 15 is 0 Å². The predicted molar refractivity (Wildman–Crippen MR) is 107 cm³/mol. The van der Waals surface area contributed by atoms with Crippen LogP contribution in [0, 0.1) is 13.8 Å². The Morgan fingerprint density at radius 3 is 2.26 bits per heavy atom. The Morgan fingerprint density at radius 1 is 0.926 bits per heavy atom. The number of sulfonamides is 1. The zero-order valence-corrected chi connectivity index (χ0v) is 16.2. The lowest BCUT2D eigenvalue weighted by molar-refractivity contribution is 0.415. The summed E-state index contributed by atoms with van der Waals surface area (Å²) in [7, 11) is -2.06. The SMILES string of the molecule is COc1ccc(Nc2ccc(NS(=O)(=O)c3cc(C)ccc3C)cn2)cc1. The largest absolute Gasteiger partial charge is 0.497 e. The molecule has 0 amide bonds. The van der Waals surface area contributed by atoms with Gasteiger partial charge >= 0.3 is 0 Å². The van der Waals surface area contributed by atoms with E-state index in [2.05, 4.69) is 15.0 Å². The Bertz CT molecular complexity index is 1030. The zero-order chi connectivity index (χ0) is 19.4. The summed E-state index contributed by atoms with van der Waals surface area (Å²) >= 11 is 0. The van der Waals surface area contributed by atoms with Crippen molar-refractivity contribution in [2.24, 2.45) is 0 Å². The van der Waals surface area contributed by atoms with Crippen LogP contribution < -0.4 is 14.8 Å². The number of ether oxygens (including phenoxy) is 1. The molecule has 0 aliphatic heterocycles. The topological polar surface area (TPSA) is 80.3 Å². The van der Waals surface area contributed by atoms with Crippen LogP contribution in [0.2, 0.25) is 0 Å². The lowest BCUT2D eigenvalue weighted by atomic mass is 10.2. The molecular weight excluding hydrogens is 362 g/mol. The van der Waals surface area contributed by atoms with Crippen molar-refractivity contribution >= 4 is 27.2 Å². The first kappa shape index (κ1) is 18.7. The third-order valence-corrected chi connectivity index (χ3v) is 5.53. The van der Waals surface area contributed by atoms with Crippen molar-refractivity contribution < 1.29 is 13.2 Å². The fourth-order valence-corrected chi connectivity index (χ4v) is 3.93. The summed E-state index contributed by atoms with van der Waals surface area (Å²) in [6.07, 6.45) is 1.48. The van der Waals surface area contributed by atoms with Crippen LogP contribution in [-0.2, 0) is 10.0 Å². The van der Waals surface area contributed by atoms with Gasteiger partial charge in [0.25, 0.3) is 10.0 Å². The number of rotatable bonds is 6. The molecule has 0 aliphatic rings. The van der Waals surface area contributed by atoms with Crippen LogP contribution in [0.25, 0.3) is 0 Å². The Hall–Kier alpha value is -3.06. The van der Waals surface area contributed by atoms with E-state index in [1.807, 2.05) is 37.3 Å². The van der Waals surface area contributed by atoms with E-state index < -0.39 is 10.0 Å². The van der Waals surface area contributed by atoms with Gasteiger partial charge in [-0.25, -0.2) is 13.4 Å². The molecule has 0 bridgehead atoms. The highest BCUT2D eigenvalue weighted by Crippen LogP contribution is 2.22. The van der Waals surface area contributed by atoms with Crippen molar-refractivity contribution in [2.75, 3.05) is 17.1 Å². The average molecular weight is 383 g/mol. The molecule has 2 N–H and O–H groups in total. The van der Waals surface area contributed by atoms with Crippen LogP contribution in [0.15, 0.2) is 65.7 Å². The molecule has 0 aliphatic carbocycles. The summed E-state index contributed by atoms with van der Waals surface area (Å²) < 4.78 is 33.0. The highest BCUT2D eigenvalue weighted by molar-refractivity contribution is 7.92. The Labute approximate surface area is 159 Å². The van der Waals surface area contributed by atoms with Gasteiger partial charge in [-0.3, -0.25) is 4.72 Å². The number of hydrogen-bond donors (Lipinski definition) is 2. The van der Waals surface area contributed by atoms with Crippen molar-refractivity contribution in [3.63, 3.8) is 0 Å². The van der Waals surface area contributed by atoms with Gasteiger partial charge in [0, 0.05) is 5.69 Å². The van der Waals surface area contributed by atoms with E-state index in [0.29, 0.717) is 17.1 Å². The quantitative estimate of drug-likeness (QED) is 0.665. The van der Waals surface area contributed by atoms with Gasteiger partial charge in [0.2, 0.25) is 0 Å². The number of nitrogens with zero attached hydrogens (tertiary/aromatic N) is 1. The van der Waals surface area contributed by atoms with Gasteiger partial charge in [-0.1, -0.05) is 12.1 Å². The second kappa shape index (κ2) is 7.67. The third-order valence-electron chi connectivity index (χ3n) is 4.01. The minimum atomic E-state index is -3.67. The van der Waals surface area contributed by atoms with E-state index in [-0.39, 0.29) is 4.90 Å². The minimum Gasteiger partial charge on any atom is -0.497 e. The molecule has 1 aromatic heterocycles. The molecule has 3 aromatic rings. The number of pyridine rings is 1. The summed E-state index contributed by atoms with van der Waals surface area (Å²) in [5, 5.41) is 3.15. The summed E-state index contributed by atoms with van der Waals surface area (Å²) in [5.74, 6) is 1.37. The molecule has 1 heterocycles. The normalized spacial score (nSPS) is 11.1. The number of methoxy groups -OCH3 is 1. The predicted octanol–water partition coefficient (Wildman–Crippen LogP) is 4.25. The lowest BCUT2D eigenvalue weighted by Gasteiger charge is -2.12. The highest BCUT2D eigenvalue weighted by Gasteiger charge is 2.17. The molecule has 0 atom stereocenters. The molecule has 6 nitrogen and oxygen atoms in total. The van der Waals surface area contributed by atoms with E-state index in [0.717, 1.165) is 17.0 Å². The molecule has 3 rings (SSSR count). The van der Waals surface area contributed by atoms with Crippen LogP contribution in [0.4, 0.5) is 17.2 Å². The summed E-state index contributed by atoms with van der Waals surface area (Å²) in [6, 6.07) is 16.1. The second-order valence-corrected chi connectivity index (χ2v) is 7.81. The van der Waals surface area contributed by atoms with Crippen molar-refractivity contribution in [1.29, 1.82) is 0 Å². The zero-order valence-electron chi connectivity index (χ0n) is 15.4. The summed E-state index contributed by atoms with van der Waals surface area (Å²) in [5.41, 5.74) is 2.83. The molecule has 27 heavy (non-hydrogen) atoms. The van der Waals surface area contributed by atoms with Crippen molar-refractivity contribution in [1.82, 2.24) is 4.98 Å². The summed E-state index contributed by atoms with van der Waals surface area (Å²) in [4.78, 5) is 4.53. The molecule has 0 radical (unpaired) electrons. The molecule has 0 spiro atoms. The summed E-state index contributed by atoms with van der Waals surface area (Å²) in [6.45, 7) is 3.63. The Kier molecular flexibility index (Phi) is 5.32. The van der Waals surface area contributed by atoms with Crippen molar-refractivity contribution in [3.05, 3.63) is 71.9 Å². The van der Waals surface area contributed by atoms with Gasteiger partial charge in [-0.2, -0.15) is 0 Å². The van der Waals surface area contributed by atoms with E-state index in [4.69, 9.17) is 4.74 Å². The van der Waals surface area contributed by atoms with Crippen molar-refractivity contribution in [3.8, 4) is 5.75 Å². The third kappa shape index (κ3) is 4.57. The Balaban J connectivity index is 1.74.